The summed E-state index contributed by atoms with van der Waals surface area (Å²) in [7, 11) is 0. The molecule has 0 saturated heterocycles. The Labute approximate surface area is 147 Å². The third-order valence-corrected chi connectivity index (χ3v) is 3.62. The normalized spacial score (nSPS) is 12.3. The van der Waals surface area contributed by atoms with Crippen LogP contribution in [-0.2, 0) is 4.79 Å². The lowest BCUT2D eigenvalue weighted by molar-refractivity contribution is -0.144. The lowest BCUT2D eigenvalue weighted by atomic mass is 10.2. The number of carboxylic acid groups (broad SMARTS) is 1. The molecule has 3 rings (SSSR count). The fourth-order valence-corrected chi connectivity index (χ4v) is 2.31. The number of hydrogen-bond acceptors (Lipinski definition) is 5. The van der Waals surface area contributed by atoms with E-state index in [9.17, 15) is 14.4 Å². The zero-order chi connectivity index (χ0) is 18.7. The van der Waals surface area contributed by atoms with Crippen LogP contribution in [0.5, 0.6) is 5.75 Å². The van der Waals surface area contributed by atoms with Gasteiger partial charge in [0.05, 0.1) is 17.1 Å². The van der Waals surface area contributed by atoms with Gasteiger partial charge in [-0.1, -0.05) is 24.3 Å². The molecule has 1 heterocycles. The van der Waals surface area contributed by atoms with Crippen molar-refractivity contribution in [3.05, 3.63) is 74.9 Å². The first-order chi connectivity index (χ1) is 12.5. The maximum Gasteiger partial charge on any atom is 0.349 e. The van der Waals surface area contributed by atoms with Crippen LogP contribution in [0.4, 0.5) is 0 Å². The molecule has 0 amide bonds. The number of H-pyrrole nitrogens is 1. The molecule has 0 spiro atoms. The van der Waals surface area contributed by atoms with Gasteiger partial charge in [0.1, 0.15) is 5.75 Å². The molecule has 8 heteroatoms. The van der Waals surface area contributed by atoms with Crippen molar-refractivity contribution in [2.45, 2.75) is 13.0 Å². The molecule has 132 valence electrons. The van der Waals surface area contributed by atoms with E-state index in [1.54, 1.807) is 48.5 Å². The van der Waals surface area contributed by atoms with Crippen molar-refractivity contribution in [3.8, 4) is 5.75 Å². The van der Waals surface area contributed by atoms with E-state index < -0.39 is 23.3 Å². The summed E-state index contributed by atoms with van der Waals surface area (Å²) in [4.78, 5) is 37.9. The molecule has 8 nitrogen and oxygen atoms in total. The number of fused-ring (bicyclic) bond motifs is 1. The Morgan fingerprint density at radius 1 is 1.23 bits per heavy atom. The Morgan fingerprint density at radius 2 is 2.00 bits per heavy atom. The summed E-state index contributed by atoms with van der Waals surface area (Å²) in [5.74, 6) is -0.748. The van der Waals surface area contributed by atoms with Crippen molar-refractivity contribution in [2.24, 2.45) is 5.10 Å². The first-order valence-electron chi connectivity index (χ1n) is 7.73. The zero-order valence-electron chi connectivity index (χ0n) is 13.7. The van der Waals surface area contributed by atoms with Crippen LogP contribution in [0, 0.1) is 0 Å². The Balaban J connectivity index is 1.94. The van der Waals surface area contributed by atoms with Crippen LogP contribution >= 0.6 is 0 Å². The zero-order valence-corrected chi connectivity index (χ0v) is 13.7. The maximum atomic E-state index is 12.4. The first kappa shape index (κ1) is 17.2. The van der Waals surface area contributed by atoms with Gasteiger partial charge in [0.15, 0.2) is 6.10 Å². The molecule has 2 N–H and O–H groups in total. The summed E-state index contributed by atoms with van der Waals surface area (Å²) in [6.07, 6.45) is 0.317. The second-order valence-corrected chi connectivity index (χ2v) is 5.51. The summed E-state index contributed by atoms with van der Waals surface area (Å²) in [6, 6.07) is 13.1. The summed E-state index contributed by atoms with van der Waals surface area (Å²) < 4.78 is 6.01. The molecule has 0 saturated carbocycles. The van der Waals surface area contributed by atoms with Gasteiger partial charge in [-0.15, -0.1) is 4.68 Å². The molecule has 3 aromatic rings. The van der Waals surface area contributed by atoms with Crippen LogP contribution in [0.25, 0.3) is 10.9 Å². The van der Waals surface area contributed by atoms with Crippen LogP contribution in [0.2, 0.25) is 0 Å². The first-order valence-corrected chi connectivity index (χ1v) is 7.73. The summed E-state index contributed by atoms with van der Waals surface area (Å²) >= 11 is 0. The molecule has 1 aromatic heterocycles. The van der Waals surface area contributed by atoms with Gasteiger partial charge in [0, 0.05) is 0 Å². The predicted molar refractivity (Wildman–Crippen MR) is 96.0 cm³/mol. The van der Waals surface area contributed by atoms with Gasteiger partial charge in [0.25, 0.3) is 5.56 Å². The largest absolute Gasteiger partial charge is 0.479 e. The highest BCUT2D eigenvalue weighted by molar-refractivity contribution is 5.81. The number of carbonyl (C=O) groups is 1. The standard InChI is InChI=1S/C18H15N3O5/c1-11(17(23)24)26-13-6-4-5-12(9-13)10-19-21-16(22)14-7-2-3-8-15(14)20-18(21)25/h2-11H,1H3,(H,20,25)(H,23,24)/t11-/m1/s1. The fraction of sp³-hybridized carbons (Fsp3) is 0.111. The van der Waals surface area contributed by atoms with Crippen LogP contribution < -0.4 is 16.0 Å². The molecular weight excluding hydrogens is 338 g/mol. The minimum Gasteiger partial charge on any atom is -0.479 e. The molecular formula is C18H15N3O5. The van der Waals surface area contributed by atoms with Gasteiger partial charge in [-0.2, -0.15) is 5.10 Å². The lowest BCUT2D eigenvalue weighted by Gasteiger charge is -2.10. The van der Waals surface area contributed by atoms with E-state index in [0.29, 0.717) is 22.2 Å². The van der Waals surface area contributed by atoms with Gasteiger partial charge in [0.2, 0.25) is 0 Å². The lowest BCUT2D eigenvalue weighted by Crippen LogP contribution is -2.32. The summed E-state index contributed by atoms with van der Waals surface area (Å²) in [6.45, 7) is 1.41. The number of rotatable bonds is 5. The monoisotopic (exact) mass is 353 g/mol. The number of benzene rings is 2. The van der Waals surface area contributed by atoms with E-state index >= 15 is 0 Å². The average Bonchev–Trinajstić information content (AvgIpc) is 2.61. The van der Waals surface area contributed by atoms with Crippen LogP contribution in [0.15, 0.2) is 63.2 Å². The number of ether oxygens (including phenoxy) is 1. The predicted octanol–water partition coefficient (Wildman–Crippen LogP) is 1.42. The van der Waals surface area contributed by atoms with Crippen molar-refractivity contribution in [2.75, 3.05) is 0 Å². The van der Waals surface area contributed by atoms with E-state index in [4.69, 9.17) is 9.84 Å². The van der Waals surface area contributed by atoms with Crippen molar-refractivity contribution >= 4 is 23.1 Å². The van der Waals surface area contributed by atoms with Gasteiger partial charge >= 0.3 is 11.7 Å². The smallest absolute Gasteiger partial charge is 0.349 e. The number of nitrogens with zero attached hydrogens (tertiary/aromatic N) is 2. The Kier molecular flexibility index (Phi) is 4.66. The highest BCUT2D eigenvalue weighted by atomic mass is 16.5. The number of nitrogens with one attached hydrogen (secondary N) is 1. The van der Waals surface area contributed by atoms with Crippen LogP contribution in [-0.4, -0.2) is 33.1 Å². The molecule has 2 aromatic carbocycles. The van der Waals surface area contributed by atoms with Crippen molar-refractivity contribution in [1.29, 1.82) is 0 Å². The fourth-order valence-electron chi connectivity index (χ4n) is 2.31. The van der Waals surface area contributed by atoms with Gasteiger partial charge in [-0.05, 0) is 36.8 Å². The average molecular weight is 353 g/mol. The van der Waals surface area contributed by atoms with Crippen LogP contribution in [0.3, 0.4) is 0 Å². The third kappa shape index (κ3) is 3.54. The molecule has 0 aliphatic heterocycles. The molecule has 0 bridgehead atoms. The number of para-hydroxylation sites is 1. The molecule has 0 fully saturated rings. The van der Waals surface area contributed by atoms with Gasteiger partial charge < -0.3 is 14.8 Å². The minimum atomic E-state index is -1.08. The Hall–Kier alpha value is -3.68. The number of carboxylic acids is 1. The molecule has 0 radical (unpaired) electrons. The number of hydrogen-bond donors (Lipinski definition) is 2. The van der Waals surface area contributed by atoms with Crippen molar-refractivity contribution in [3.63, 3.8) is 0 Å². The summed E-state index contributed by atoms with van der Waals surface area (Å²) in [5, 5.41) is 13.2. The van der Waals surface area contributed by atoms with Crippen molar-refractivity contribution in [1.82, 2.24) is 9.66 Å². The van der Waals surface area contributed by atoms with Crippen molar-refractivity contribution < 1.29 is 14.6 Å². The Bertz CT molecular complexity index is 1110. The molecule has 0 aliphatic rings. The maximum absolute atomic E-state index is 12.4. The highest BCUT2D eigenvalue weighted by Crippen LogP contribution is 2.14. The quantitative estimate of drug-likeness (QED) is 0.674. The molecule has 0 unspecified atom stereocenters. The number of aliphatic carboxylic acids is 1. The number of aromatic amines is 1. The van der Waals surface area contributed by atoms with E-state index in [2.05, 4.69) is 10.1 Å². The summed E-state index contributed by atoms with van der Waals surface area (Å²) in [5.41, 5.74) is -0.212. The van der Waals surface area contributed by atoms with E-state index in [0.717, 1.165) is 4.68 Å². The second-order valence-electron chi connectivity index (χ2n) is 5.51. The van der Waals surface area contributed by atoms with Crippen LogP contribution in [0.1, 0.15) is 12.5 Å². The van der Waals surface area contributed by atoms with Gasteiger partial charge in [-0.25, -0.2) is 9.59 Å². The van der Waals surface area contributed by atoms with E-state index in [-0.39, 0.29) is 0 Å². The third-order valence-electron chi connectivity index (χ3n) is 3.62. The topological polar surface area (TPSA) is 114 Å². The van der Waals surface area contributed by atoms with E-state index in [1.807, 2.05) is 0 Å². The number of aromatic nitrogens is 2. The molecule has 0 aliphatic carbocycles. The molecule has 1 atom stereocenters. The Morgan fingerprint density at radius 3 is 2.77 bits per heavy atom. The van der Waals surface area contributed by atoms with E-state index in [1.165, 1.54) is 13.1 Å². The highest BCUT2D eigenvalue weighted by Gasteiger charge is 2.12. The molecule has 26 heavy (non-hydrogen) atoms. The second kappa shape index (κ2) is 7.06. The minimum absolute atomic E-state index is 0.337. The van der Waals surface area contributed by atoms with Gasteiger partial charge in [-0.3, -0.25) is 4.79 Å². The SMILES string of the molecule is C[C@@H](Oc1cccc(C=Nn2c(=O)[nH]c3ccccc3c2=O)c1)C(=O)O.